The second-order valence-corrected chi connectivity index (χ2v) is 4.04. The molecule has 0 bridgehead atoms. The number of nitrogens with one attached hydrogen (secondary N) is 2. The SMILES string of the molecule is Cc1cc2c(Nc3ccccc3F)ncnc2[nH]1. The van der Waals surface area contributed by atoms with Crippen LogP contribution in [0.15, 0.2) is 36.7 Å². The van der Waals surface area contributed by atoms with E-state index in [1.54, 1.807) is 18.2 Å². The Labute approximate surface area is 103 Å². The number of benzene rings is 1. The number of anilines is 2. The number of aromatic nitrogens is 3. The van der Waals surface area contributed by atoms with Gasteiger partial charge in [0.15, 0.2) is 0 Å². The van der Waals surface area contributed by atoms with Gasteiger partial charge in [-0.25, -0.2) is 14.4 Å². The second-order valence-electron chi connectivity index (χ2n) is 4.04. The van der Waals surface area contributed by atoms with E-state index in [9.17, 15) is 4.39 Å². The van der Waals surface area contributed by atoms with Crippen molar-refractivity contribution in [2.45, 2.75) is 6.92 Å². The lowest BCUT2D eigenvalue weighted by Gasteiger charge is -2.06. The van der Waals surface area contributed by atoms with Crippen LogP contribution in [0.3, 0.4) is 0 Å². The predicted octanol–water partition coefficient (Wildman–Crippen LogP) is 3.15. The van der Waals surface area contributed by atoms with Crippen molar-refractivity contribution in [2.75, 3.05) is 5.32 Å². The van der Waals surface area contributed by atoms with Crippen LogP contribution in [-0.4, -0.2) is 15.0 Å². The van der Waals surface area contributed by atoms with Crippen LogP contribution in [0.4, 0.5) is 15.9 Å². The zero-order chi connectivity index (χ0) is 12.5. The van der Waals surface area contributed by atoms with Crippen LogP contribution in [0.1, 0.15) is 5.69 Å². The lowest BCUT2D eigenvalue weighted by atomic mass is 10.3. The second kappa shape index (κ2) is 4.10. The fraction of sp³-hybridized carbons (Fsp3) is 0.0769. The highest BCUT2D eigenvalue weighted by atomic mass is 19.1. The largest absolute Gasteiger partial charge is 0.343 e. The first-order valence-corrected chi connectivity index (χ1v) is 5.56. The molecule has 2 N–H and O–H groups in total. The predicted molar refractivity (Wildman–Crippen MR) is 68.3 cm³/mol. The Morgan fingerprint density at radius 2 is 2.06 bits per heavy atom. The molecule has 0 aliphatic heterocycles. The molecule has 0 aliphatic rings. The summed E-state index contributed by atoms with van der Waals surface area (Å²) in [6.45, 7) is 1.94. The van der Waals surface area contributed by atoms with Crippen molar-refractivity contribution in [1.29, 1.82) is 0 Å². The van der Waals surface area contributed by atoms with Gasteiger partial charge in [-0.3, -0.25) is 0 Å². The molecule has 0 saturated heterocycles. The lowest BCUT2D eigenvalue weighted by molar-refractivity contribution is 0.632. The van der Waals surface area contributed by atoms with Crippen LogP contribution in [-0.2, 0) is 0 Å². The summed E-state index contributed by atoms with van der Waals surface area (Å²) in [5, 5.41) is 3.83. The minimum absolute atomic E-state index is 0.309. The molecule has 0 atom stereocenters. The Hall–Kier alpha value is -2.43. The van der Waals surface area contributed by atoms with Gasteiger partial charge < -0.3 is 10.3 Å². The van der Waals surface area contributed by atoms with E-state index in [1.165, 1.54) is 12.4 Å². The Balaban J connectivity index is 2.07. The number of hydrogen-bond donors (Lipinski definition) is 2. The third-order valence-corrected chi connectivity index (χ3v) is 2.69. The van der Waals surface area contributed by atoms with Gasteiger partial charge in [-0.1, -0.05) is 12.1 Å². The number of fused-ring (bicyclic) bond motifs is 1. The molecule has 4 nitrogen and oxygen atoms in total. The first-order chi connectivity index (χ1) is 8.74. The molecule has 18 heavy (non-hydrogen) atoms. The van der Waals surface area contributed by atoms with Crippen LogP contribution < -0.4 is 5.32 Å². The van der Waals surface area contributed by atoms with Crippen molar-refractivity contribution in [3.63, 3.8) is 0 Å². The number of halogens is 1. The quantitative estimate of drug-likeness (QED) is 0.725. The maximum absolute atomic E-state index is 13.6. The van der Waals surface area contributed by atoms with Crippen molar-refractivity contribution < 1.29 is 4.39 Å². The minimum atomic E-state index is -0.309. The number of aryl methyl sites for hydroxylation is 1. The number of para-hydroxylation sites is 1. The van der Waals surface area contributed by atoms with Crippen molar-refractivity contribution in [3.8, 4) is 0 Å². The van der Waals surface area contributed by atoms with E-state index in [0.29, 0.717) is 11.5 Å². The maximum atomic E-state index is 13.6. The molecular formula is C13H11FN4. The molecular weight excluding hydrogens is 231 g/mol. The van der Waals surface area contributed by atoms with Gasteiger partial charge in [0.05, 0.1) is 11.1 Å². The van der Waals surface area contributed by atoms with Crippen LogP contribution in [0.2, 0.25) is 0 Å². The zero-order valence-corrected chi connectivity index (χ0v) is 9.74. The van der Waals surface area contributed by atoms with E-state index in [-0.39, 0.29) is 5.82 Å². The van der Waals surface area contributed by atoms with Gasteiger partial charge in [-0.15, -0.1) is 0 Å². The molecule has 1 aromatic carbocycles. The van der Waals surface area contributed by atoms with Crippen molar-refractivity contribution >= 4 is 22.5 Å². The van der Waals surface area contributed by atoms with E-state index >= 15 is 0 Å². The number of rotatable bonds is 2. The van der Waals surface area contributed by atoms with Crippen LogP contribution in [0, 0.1) is 12.7 Å². The van der Waals surface area contributed by atoms with E-state index in [4.69, 9.17) is 0 Å². The molecule has 0 unspecified atom stereocenters. The van der Waals surface area contributed by atoms with Crippen LogP contribution in [0.5, 0.6) is 0 Å². The van der Waals surface area contributed by atoms with E-state index < -0.39 is 0 Å². The average Bonchev–Trinajstić information content (AvgIpc) is 2.73. The van der Waals surface area contributed by atoms with Crippen LogP contribution >= 0.6 is 0 Å². The highest BCUT2D eigenvalue weighted by Gasteiger charge is 2.08. The molecule has 0 saturated carbocycles. The first kappa shape index (κ1) is 10.7. The van der Waals surface area contributed by atoms with Crippen molar-refractivity contribution in [3.05, 3.63) is 48.2 Å². The van der Waals surface area contributed by atoms with Gasteiger partial charge in [0.2, 0.25) is 0 Å². The molecule has 5 heteroatoms. The highest BCUT2D eigenvalue weighted by molar-refractivity contribution is 5.89. The third kappa shape index (κ3) is 1.79. The number of hydrogen-bond acceptors (Lipinski definition) is 3. The lowest BCUT2D eigenvalue weighted by Crippen LogP contribution is -1.97. The number of nitrogens with zero attached hydrogens (tertiary/aromatic N) is 2. The molecule has 0 amide bonds. The fourth-order valence-electron chi connectivity index (χ4n) is 1.86. The molecule has 3 rings (SSSR count). The molecule has 0 spiro atoms. The summed E-state index contributed by atoms with van der Waals surface area (Å²) in [5.74, 6) is 0.283. The summed E-state index contributed by atoms with van der Waals surface area (Å²) in [7, 11) is 0. The Bertz CT molecular complexity index is 705. The third-order valence-electron chi connectivity index (χ3n) is 2.69. The summed E-state index contributed by atoms with van der Waals surface area (Å²) >= 11 is 0. The standard InChI is InChI=1S/C13H11FN4/c1-8-6-9-12(17-8)15-7-16-13(9)18-11-5-3-2-4-10(11)14/h2-7H,1H3,(H2,15,16,17,18). The molecule has 2 heterocycles. The summed E-state index contributed by atoms with van der Waals surface area (Å²) < 4.78 is 13.6. The average molecular weight is 242 g/mol. The van der Waals surface area contributed by atoms with Gasteiger partial charge in [0.1, 0.15) is 23.6 Å². The molecule has 0 aliphatic carbocycles. The van der Waals surface area contributed by atoms with Crippen molar-refractivity contribution in [2.24, 2.45) is 0 Å². The van der Waals surface area contributed by atoms with Gasteiger partial charge in [-0.2, -0.15) is 0 Å². The summed E-state index contributed by atoms with van der Waals surface area (Å²) in [4.78, 5) is 11.4. The van der Waals surface area contributed by atoms with Crippen molar-refractivity contribution in [1.82, 2.24) is 15.0 Å². The normalized spacial score (nSPS) is 10.8. The molecule has 3 aromatic rings. The molecule has 90 valence electrons. The minimum Gasteiger partial charge on any atom is -0.343 e. The number of H-pyrrole nitrogens is 1. The van der Waals surface area contributed by atoms with E-state index in [1.807, 2.05) is 13.0 Å². The monoisotopic (exact) mass is 242 g/mol. The van der Waals surface area contributed by atoms with Gasteiger partial charge in [0, 0.05) is 5.69 Å². The van der Waals surface area contributed by atoms with Gasteiger partial charge in [-0.05, 0) is 25.1 Å². The first-order valence-electron chi connectivity index (χ1n) is 5.56. The molecule has 2 aromatic heterocycles. The maximum Gasteiger partial charge on any atom is 0.146 e. The van der Waals surface area contributed by atoms with Gasteiger partial charge >= 0.3 is 0 Å². The zero-order valence-electron chi connectivity index (χ0n) is 9.74. The number of aromatic amines is 1. The Morgan fingerprint density at radius 1 is 1.22 bits per heavy atom. The van der Waals surface area contributed by atoms with Crippen LogP contribution in [0.25, 0.3) is 11.0 Å². The Kier molecular flexibility index (Phi) is 2.44. The van der Waals surface area contributed by atoms with Gasteiger partial charge in [0.25, 0.3) is 0 Å². The fourth-order valence-corrected chi connectivity index (χ4v) is 1.86. The summed E-state index contributed by atoms with van der Waals surface area (Å²) in [6, 6.07) is 8.42. The van der Waals surface area contributed by atoms with E-state index in [0.717, 1.165) is 16.7 Å². The summed E-state index contributed by atoms with van der Waals surface area (Å²) in [5.41, 5.74) is 2.12. The molecule has 0 radical (unpaired) electrons. The topological polar surface area (TPSA) is 53.6 Å². The smallest absolute Gasteiger partial charge is 0.146 e. The summed E-state index contributed by atoms with van der Waals surface area (Å²) in [6.07, 6.45) is 1.45. The Morgan fingerprint density at radius 3 is 2.89 bits per heavy atom. The highest BCUT2D eigenvalue weighted by Crippen LogP contribution is 2.24. The van der Waals surface area contributed by atoms with E-state index in [2.05, 4.69) is 20.3 Å². The molecule has 0 fully saturated rings.